The number of amides is 1. The van der Waals surface area contributed by atoms with Crippen LogP contribution in [-0.2, 0) is 4.79 Å². The Morgan fingerprint density at radius 2 is 1.47 bits per heavy atom. The van der Waals surface area contributed by atoms with Gasteiger partial charge in [0.1, 0.15) is 5.65 Å². The molecule has 1 amide bonds. The van der Waals surface area contributed by atoms with Gasteiger partial charge in [-0.05, 0) is 35.9 Å². The molecule has 2 aromatic heterocycles. The van der Waals surface area contributed by atoms with Gasteiger partial charge >= 0.3 is 0 Å². The zero-order chi connectivity index (χ0) is 22.9. The van der Waals surface area contributed by atoms with Crippen LogP contribution in [0, 0.1) is 0 Å². The molecule has 0 aliphatic rings. The van der Waals surface area contributed by atoms with E-state index in [4.69, 9.17) is 9.97 Å². The van der Waals surface area contributed by atoms with Crippen LogP contribution >= 0.6 is 11.8 Å². The molecular weight excluding hydrogens is 440 g/mol. The minimum Gasteiger partial charge on any atom is -0.325 e. The molecule has 6 rings (SSSR count). The molecule has 6 aromatic rings. The Morgan fingerprint density at radius 1 is 0.765 bits per heavy atom. The van der Waals surface area contributed by atoms with Crippen molar-refractivity contribution in [2.45, 2.75) is 5.16 Å². The molecule has 5 nitrogen and oxygen atoms in total. The molecule has 0 aliphatic heterocycles. The second-order valence-electron chi connectivity index (χ2n) is 7.92. The monoisotopic (exact) mass is 460 g/mol. The van der Waals surface area contributed by atoms with Gasteiger partial charge < -0.3 is 5.32 Å². The lowest BCUT2D eigenvalue weighted by Gasteiger charge is -2.12. The maximum Gasteiger partial charge on any atom is 0.234 e. The fourth-order valence-corrected chi connectivity index (χ4v) is 5.00. The van der Waals surface area contributed by atoms with Crippen LogP contribution in [0.25, 0.3) is 38.7 Å². The standard InChI is InChI=1S/C28H20N4OS/c33-26(29-22-14-6-4-12-20(22)19-10-2-1-3-11-19)18-34-28-31-23-15-7-5-13-21(23)27-30-24-16-8-9-17-25(24)32(27)28/h1-17H,18H2,(H,29,33). The number of aromatic nitrogens is 3. The number of thioether (sulfide) groups is 1. The van der Waals surface area contributed by atoms with Gasteiger partial charge in [0.05, 0.1) is 22.3 Å². The van der Waals surface area contributed by atoms with E-state index in [-0.39, 0.29) is 11.7 Å². The summed E-state index contributed by atoms with van der Waals surface area (Å²) in [6.07, 6.45) is 0. The number of imidazole rings is 1. The number of para-hydroxylation sites is 4. The van der Waals surface area contributed by atoms with E-state index in [0.717, 1.165) is 49.6 Å². The molecule has 4 aromatic carbocycles. The lowest BCUT2D eigenvalue weighted by Crippen LogP contribution is -2.15. The van der Waals surface area contributed by atoms with Gasteiger partial charge in [-0.2, -0.15) is 0 Å². The summed E-state index contributed by atoms with van der Waals surface area (Å²) in [5.41, 5.74) is 6.45. The number of hydrogen-bond acceptors (Lipinski definition) is 4. The number of hydrogen-bond donors (Lipinski definition) is 1. The lowest BCUT2D eigenvalue weighted by molar-refractivity contribution is -0.113. The summed E-state index contributed by atoms with van der Waals surface area (Å²) in [5.74, 6) is 0.150. The molecule has 0 fully saturated rings. The zero-order valence-corrected chi connectivity index (χ0v) is 19.0. The van der Waals surface area contributed by atoms with E-state index in [1.165, 1.54) is 11.8 Å². The predicted octanol–water partition coefficient (Wildman–Crippen LogP) is 6.43. The summed E-state index contributed by atoms with van der Waals surface area (Å²) in [5, 5.41) is 4.82. The fraction of sp³-hybridized carbons (Fsp3) is 0.0357. The van der Waals surface area contributed by atoms with Gasteiger partial charge in [0.15, 0.2) is 5.16 Å². The van der Waals surface area contributed by atoms with Gasteiger partial charge in [-0.15, -0.1) is 0 Å². The zero-order valence-electron chi connectivity index (χ0n) is 18.2. The largest absolute Gasteiger partial charge is 0.325 e. The van der Waals surface area contributed by atoms with E-state index >= 15 is 0 Å². The molecule has 0 atom stereocenters. The molecule has 6 heteroatoms. The summed E-state index contributed by atoms with van der Waals surface area (Å²) in [6.45, 7) is 0. The van der Waals surface area contributed by atoms with Crippen molar-refractivity contribution < 1.29 is 4.79 Å². The highest BCUT2D eigenvalue weighted by Crippen LogP contribution is 2.30. The summed E-state index contributed by atoms with van der Waals surface area (Å²) < 4.78 is 2.05. The number of anilines is 1. The Balaban J connectivity index is 1.32. The molecule has 0 spiro atoms. The second-order valence-corrected chi connectivity index (χ2v) is 8.86. The SMILES string of the molecule is O=C(CSc1nc2ccccc2c2nc3ccccc3n12)Nc1ccccc1-c1ccccc1. The third kappa shape index (κ3) is 3.68. The van der Waals surface area contributed by atoms with Gasteiger partial charge in [0, 0.05) is 16.6 Å². The fourth-order valence-electron chi connectivity index (χ4n) is 4.19. The summed E-state index contributed by atoms with van der Waals surface area (Å²) in [6, 6.07) is 33.9. The number of rotatable bonds is 5. The Kier molecular flexibility index (Phi) is 5.20. The van der Waals surface area contributed by atoms with Crippen molar-refractivity contribution in [2.24, 2.45) is 0 Å². The molecule has 0 unspecified atom stereocenters. The third-order valence-corrected chi connectivity index (χ3v) is 6.67. The van der Waals surface area contributed by atoms with Crippen molar-refractivity contribution in [2.75, 3.05) is 11.1 Å². The minimum absolute atomic E-state index is 0.0825. The van der Waals surface area contributed by atoms with Gasteiger partial charge in [0.25, 0.3) is 0 Å². The molecule has 164 valence electrons. The normalized spacial score (nSPS) is 11.3. The maximum atomic E-state index is 13.0. The summed E-state index contributed by atoms with van der Waals surface area (Å²) >= 11 is 1.41. The van der Waals surface area contributed by atoms with E-state index in [1.54, 1.807) is 0 Å². The van der Waals surface area contributed by atoms with Crippen LogP contribution < -0.4 is 5.32 Å². The predicted molar refractivity (Wildman–Crippen MR) is 139 cm³/mol. The van der Waals surface area contributed by atoms with Crippen LogP contribution in [0.15, 0.2) is 108 Å². The number of carbonyl (C=O) groups is 1. The molecule has 0 aliphatic carbocycles. The van der Waals surface area contributed by atoms with Crippen molar-refractivity contribution >= 4 is 50.9 Å². The molecular formula is C28H20N4OS. The first-order chi connectivity index (χ1) is 16.8. The first kappa shape index (κ1) is 20.4. The van der Waals surface area contributed by atoms with Crippen molar-refractivity contribution in [3.8, 4) is 11.1 Å². The average molecular weight is 461 g/mol. The van der Waals surface area contributed by atoms with E-state index in [1.807, 2.05) is 108 Å². The summed E-state index contributed by atoms with van der Waals surface area (Å²) in [7, 11) is 0. The lowest BCUT2D eigenvalue weighted by atomic mass is 10.0. The third-order valence-electron chi connectivity index (χ3n) is 5.73. The average Bonchev–Trinajstić information content (AvgIpc) is 3.28. The number of carbonyl (C=O) groups excluding carboxylic acids is 1. The first-order valence-electron chi connectivity index (χ1n) is 11.0. The molecule has 2 heterocycles. The highest BCUT2D eigenvalue weighted by Gasteiger charge is 2.16. The van der Waals surface area contributed by atoms with Crippen LogP contribution in [0.4, 0.5) is 5.69 Å². The number of nitrogens with zero attached hydrogens (tertiary/aromatic N) is 3. The van der Waals surface area contributed by atoms with Gasteiger partial charge in [-0.3, -0.25) is 9.20 Å². The Morgan fingerprint density at radius 3 is 2.35 bits per heavy atom. The highest BCUT2D eigenvalue weighted by molar-refractivity contribution is 7.99. The van der Waals surface area contributed by atoms with E-state index in [9.17, 15) is 4.79 Å². The minimum atomic E-state index is -0.0825. The Labute approximate surface area is 200 Å². The number of fused-ring (bicyclic) bond motifs is 5. The van der Waals surface area contributed by atoms with Crippen molar-refractivity contribution in [3.63, 3.8) is 0 Å². The van der Waals surface area contributed by atoms with Crippen LogP contribution in [0.2, 0.25) is 0 Å². The number of benzene rings is 4. The smallest absolute Gasteiger partial charge is 0.234 e. The van der Waals surface area contributed by atoms with Crippen LogP contribution in [-0.4, -0.2) is 26.0 Å². The van der Waals surface area contributed by atoms with E-state index in [0.29, 0.717) is 0 Å². The molecule has 0 bridgehead atoms. The van der Waals surface area contributed by atoms with Gasteiger partial charge in [0.2, 0.25) is 5.91 Å². The summed E-state index contributed by atoms with van der Waals surface area (Å²) in [4.78, 5) is 22.7. The number of nitrogens with one attached hydrogen (secondary N) is 1. The van der Waals surface area contributed by atoms with Crippen LogP contribution in [0.3, 0.4) is 0 Å². The molecule has 0 radical (unpaired) electrons. The second kappa shape index (κ2) is 8.65. The maximum absolute atomic E-state index is 13.0. The van der Waals surface area contributed by atoms with Crippen LogP contribution in [0.5, 0.6) is 0 Å². The van der Waals surface area contributed by atoms with Gasteiger partial charge in [-0.25, -0.2) is 9.97 Å². The van der Waals surface area contributed by atoms with E-state index < -0.39 is 0 Å². The quantitative estimate of drug-likeness (QED) is 0.238. The van der Waals surface area contributed by atoms with Gasteiger partial charge in [-0.1, -0.05) is 84.6 Å². The Bertz CT molecular complexity index is 1660. The molecule has 0 saturated heterocycles. The van der Waals surface area contributed by atoms with Crippen molar-refractivity contribution in [1.29, 1.82) is 0 Å². The van der Waals surface area contributed by atoms with Crippen molar-refractivity contribution in [3.05, 3.63) is 103 Å². The molecule has 34 heavy (non-hydrogen) atoms. The van der Waals surface area contributed by atoms with Crippen LogP contribution in [0.1, 0.15) is 0 Å². The van der Waals surface area contributed by atoms with Crippen molar-refractivity contribution in [1.82, 2.24) is 14.4 Å². The van der Waals surface area contributed by atoms with E-state index in [2.05, 4.69) is 5.32 Å². The first-order valence-corrected chi connectivity index (χ1v) is 12.0. The topological polar surface area (TPSA) is 59.3 Å². The molecule has 1 N–H and O–H groups in total. The Hall–Kier alpha value is -4.16. The molecule has 0 saturated carbocycles. The highest BCUT2D eigenvalue weighted by atomic mass is 32.2.